The lowest BCUT2D eigenvalue weighted by Gasteiger charge is -2.01. The van der Waals surface area contributed by atoms with E-state index in [1.807, 2.05) is 13.8 Å². The first kappa shape index (κ1) is 14.9. The molecular formula is C12H25N. The van der Waals surface area contributed by atoms with Crippen LogP contribution < -0.4 is 5.32 Å². The molecule has 13 heavy (non-hydrogen) atoms. The lowest BCUT2D eigenvalue weighted by molar-refractivity contribution is 0.782. The van der Waals surface area contributed by atoms with Crippen molar-refractivity contribution in [2.75, 3.05) is 13.1 Å². The smallest absolute Gasteiger partial charge is 0.0202 e. The van der Waals surface area contributed by atoms with Gasteiger partial charge in [0.1, 0.15) is 0 Å². The van der Waals surface area contributed by atoms with E-state index in [2.05, 4.69) is 44.3 Å². The van der Waals surface area contributed by atoms with E-state index in [1.54, 1.807) is 0 Å². The molecule has 0 fully saturated rings. The Morgan fingerprint density at radius 2 is 1.85 bits per heavy atom. The van der Waals surface area contributed by atoms with E-state index in [-0.39, 0.29) is 0 Å². The number of rotatable bonds is 5. The quantitative estimate of drug-likeness (QED) is 0.643. The molecule has 0 saturated carbocycles. The van der Waals surface area contributed by atoms with Crippen LogP contribution in [0.4, 0.5) is 0 Å². The van der Waals surface area contributed by atoms with Gasteiger partial charge in [-0.3, -0.25) is 0 Å². The second-order valence-electron chi connectivity index (χ2n) is 2.47. The molecule has 1 nitrogen and oxygen atoms in total. The molecule has 0 aliphatic heterocycles. The normalized spacial score (nSPS) is 11.3. The standard InChI is InChI=1S/C10H19N.C2H6/c1-4-7-10(8-5-2)9-11-6-3;1-2/h4,7-8,11H,5-6,9H2,1-3H3;1-2H3/b7-4-,10-8+;. The minimum Gasteiger partial charge on any atom is -0.313 e. The predicted octanol–water partition coefficient (Wildman–Crippen LogP) is 3.53. The van der Waals surface area contributed by atoms with Crippen molar-refractivity contribution >= 4 is 0 Å². The highest BCUT2D eigenvalue weighted by molar-refractivity contribution is 5.19. The molecule has 78 valence electrons. The zero-order valence-corrected chi connectivity index (χ0v) is 9.85. The summed E-state index contributed by atoms with van der Waals surface area (Å²) >= 11 is 0. The number of likely N-dealkylation sites (N-methyl/N-ethyl adjacent to an activating group) is 1. The first-order chi connectivity index (χ1) is 6.35. The van der Waals surface area contributed by atoms with Crippen LogP contribution in [0, 0.1) is 0 Å². The molecule has 0 aromatic heterocycles. The fraction of sp³-hybridized carbons (Fsp3) is 0.667. The van der Waals surface area contributed by atoms with Crippen molar-refractivity contribution in [3.63, 3.8) is 0 Å². The Morgan fingerprint density at radius 3 is 2.23 bits per heavy atom. The molecule has 0 heterocycles. The summed E-state index contributed by atoms with van der Waals surface area (Å²) in [5.74, 6) is 0. The van der Waals surface area contributed by atoms with Crippen molar-refractivity contribution in [3.05, 3.63) is 23.8 Å². The van der Waals surface area contributed by atoms with Gasteiger partial charge in [0.15, 0.2) is 0 Å². The van der Waals surface area contributed by atoms with Gasteiger partial charge < -0.3 is 5.32 Å². The van der Waals surface area contributed by atoms with E-state index in [4.69, 9.17) is 0 Å². The van der Waals surface area contributed by atoms with Gasteiger partial charge in [-0.1, -0.05) is 45.9 Å². The van der Waals surface area contributed by atoms with Crippen LogP contribution in [0.1, 0.15) is 41.0 Å². The highest BCUT2D eigenvalue weighted by Gasteiger charge is 1.87. The summed E-state index contributed by atoms with van der Waals surface area (Å²) in [5, 5.41) is 3.30. The molecule has 1 N–H and O–H groups in total. The van der Waals surface area contributed by atoms with Gasteiger partial charge in [0.2, 0.25) is 0 Å². The summed E-state index contributed by atoms with van der Waals surface area (Å²) in [6, 6.07) is 0. The Hall–Kier alpha value is -0.560. The summed E-state index contributed by atoms with van der Waals surface area (Å²) < 4.78 is 0. The molecule has 0 aliphatic rings. The second kappa shape index (κ2) is 14.0. The molecule has 0 rings (SSSR count). The number of hydrogen-bond acceptors (Lipinski definition) is 1. The van der Waals surface area contributed by atoms with Crippen molar-refractivity contribution in [3.8, 4) is 0 Å². The third-order valence-corrected chi connectivity index (χ3v) is 1.43. The molecule has 0 unspecified atom stereocenters. The van der Waals surface area contributed by atoms with Crippen LogP contribution in [0.25, 0.3) is 0 Å². The zero-order chi connectivity index (χ0) is 10.5. The van der Waals surface area contributed by atoms with Crippen LogP contribution in [0.15, 0.2) is 23.8 Å². The van der Waals surface area contributed by atoms with Crippen LogP contribution >= 0.6 is 0 Å². The van der Waals surface area contributed by atoms with E-state index in [0.717, 1.165) is 19.5 Å². The molecule has 1 heteroatoms. The monoisotopic (exact) mass is 183 g/mol. The Balaban J connectivity index is 0. The average molecular weight is 183 g/mol. The molecule has 0 atom stereocenters. The SMILES string of the molecule is C/C=C\C(=C/CC)CNCC.CC. The van der Waals surface area contributed by atoms with E-state index >= 15 is 0 Å². The molecule has 0 spiro atoms. The van der Waals surface area contributed by atoms with Crippen LogP contribution in [0.3, 0.4) is 0 Å². The van der Waals surface area contributed by atoms with E-state index in [9.17, 15) is 0 Å². The third-order valence-electron chi connectivity index (χ3n) is 1.43. The first-order valence-electron chi connectivity index (χ1n) is 5.37. The van der Waals surface area contributed by atoms with Crippen molar-refractivity contribution in [1.82, 2.24) is 5.32 Å². The topological polar surface area (TPSA) is 12.0 Å². The van der Waals surface area contributed by atoms with Crippen LogP contribution in [-0.4, -0.2) is 13.1 Å². The van der Waals surface area contributed by atoms with E-state index < -0.39 is 0 Å². The average Bonchev–Trinajstić information content (AvgIpc) is 2.18. The molecule has 0 saturated heterocycles. The summed E-state index contributed by atoms with van der Waals surface area (Å²) in [6.07, 6.45) is 7.61. The van der Waals surface area contributed by atoms with Gasteiger partial charge in [0.25, 0.3) is 0 Å². The van der Waals surface area contributed by atoms with Crippen LogP contribution in [0.2, 0.25) is 0 Å². The summed E-state index contributed by atoms with van der Waals surface area (Å²) in [6.45, 7) is 12.4. The molecule has 0 aromatic carbocycles. The van der Waals surface area contributed by atoms with Gasteiger partial charge in [-0.15, -0.1) is 0 Å². The summed E-state index contributed by atoms with van der Waals surface area (Å²) in [7, 11) is 0. The first-order valence-corrected chi connectivity index (χ1v) is 5.37. The van der Waals surface area contributed by atoms with Crippen molar-refractivity contribution in [2.24, 2.45) is 0 Å². The molecule has 0 amide bonds. The molecule has 0 bridgehead atoms. The lowest BCUT2D eigenvalue weighted by Crippen LogP contribution is -2.15. The van der Waals surface area contributed by atoms with Gasteiger partial charge in [-0.05, 0) is 25.5 Å². The Kier molecular flexibility index (Phi) is 16.1. The third kappa shape index (κ3) is 11.4. The van der Waals surface area contributed by atoms with Gasteiger partial charge in [0.05, 0.1) is 0 Å². The minimum atomic E-state index is 0.995. The summed E-state index contributed by atoms with van der Waals surface area (Å²) in [4.78, 5) is 0. The highest BCUT2D eigenvalue weighted by atomic mass is 14.8. The van der Waals surface area contributed by atoms with Crippen molar-refractivity contribution in [1.29, 1.82) is 0 Å². The number of hydrogen-bond donors (Lipinski definition) is 1. The van der Waals surface area contributed by atoms with E-state index in [0.29, 0.717) is 0 Å². The maximum absolute atomic E-state index is 3.30. The molecule has 0 aliphatic carbocycles. The van der Waals surface area contributed by atoms with Crippen molar-refractivity contribution < 1.29 is 0 Å². The molecular weight excluding hydrogens is 158 g/mol. The number of allylic oxidation sites excluding steroid dienone is 2. The van der Waals surface area contributed by atoms with Gasteiger partial charge in [-0.25, -0.2) is 0 Å². The Bertz CT molecular complexity index is 134. The van der Waals surface area contributed by atoms with Gasteiger partial charge in [0, 0.05) is 6.54 Å². The van der Waals surface area contributed by atoms with E-state index in [1.165, 1.54) is 5.57 Å². The largest absolute Gasteiger partial charge is 0.313 e. The second-order valence-corrected chi connectivity index (χ2v) is 2.47. The molecule has 0 radical (unpaired) electrons. The van der Waals surface area contributed by atoms with Crippen LogP contribution in [-0.2, 0) is 0 Å². The minimum absolute atomic E-state index is 0.995. The fourth-order valence-corrected chi connectivity index (χ4v) is 0.945. The Morgan fingerprint density at radius 1 is 1.23 bits per heavy atom. The van der Waals surface area contributed by atoms with Gasteiger partial charge >= 0.3 is 0 Å². The fourth-order valence-electron chi connectivity index (χ4n) is 0.945. The van der Waals surface area contributed by atoms with Crippen molar-refractivity contribution in [2.45, 2.75) is 41.0 Å². The zero-order valence-electron chi connectivity index (χ0n) is 9.85. The predicted molar refractivity (Wildman–Crippen MR) is 63.1 cm³/mol. The lowest BCUT2D eigenvalue weighted by atomic mass is 10.2. The highest BCUT2D eigenvalue weighted by Crippen LogP contribution is 1.96. The molecule has 0 aromatic rings. The van der Waals surface area contributed by atoms with Gasteiger partial charge in [-0.2, -0.15) is 0 Å². The summed E-state index contributed by atoms with van der Waals surface area (Å²) in [5.41, 5.74) is 1.39. The maximum Gasteiger partial charge on any atom is 0.0202 e. The maximum atomic E-state index is 3.30. The Labute approximate surface area is 83.9 Å². The van der Waals surface area contributed by atoms with Crippen LogP contribution in [0.5, 0.6) is 0 Å². The number of nitrogens with one attached hydrogen (secondary N) is 1.